The molecule has 0 radical (unpaired) electrons. The highest BCUT2D eigenvalue weighted by molar-refractivity contribution is 6.33. The van der Waals surface area contributed by atoms with E-state index >= 15 is 0 Å². The molecule has 4 aromatic rings. The van der Waals surface area contributed by atoms with Crippen molar-refractivity contribution in [3.05, 3.63) is 82.8 Å². The molecule has 0 saturated carbocycles. The van der Waals surface area contributed by atoms with Gasteiger partial charge in [0.15, 0.2) is 0 Å². The van der Waals surface area contributed by atoms with E-state index in [0.717, 1.165) is 22.2 Å². The number of carbonyl (C=O) groups excluding carboxylic acids is 2. The van der Waals surface area contributed by atoms with Crippen molar-refractivity contribution in [1.29, 1.82) is 0 Å². The molecule has 0 spiro atoms. The number of rotatable bonds is 4. The Morgan fingerprint density at radius 3 is 2.59 bits per heavy atom. The third-order valence-electron chi connectivity index (χ3n) is 4.57. The summed E-state index contributed by atoms with van der Waals surface area (Å²) < 4.78 is 1.49. The number of hydrazine groups is 1. The lowest BCUT2D eigenvalue weighted by Gasteiger charge is -2.07. The number of aryl methyl sites for hydroxylation is 1. The van der Waals surface area contributed by atoms with E-state index in [1.165, 1.54) is 4.68 Å². The molecule has 146 valence electrons. The number of fused-ring (bicyclic) bond motifs is 1. The number of carbonyl (C=O) groups is 2. The number of nitrogens with one attached hydrogen (secondary N) is 3. The van der Waals surface area contributed by atoms with E-state index in [2.05, 4.69) is 20.9 Å². The summed E-state index contributed by atoms with van der Waals surface area (Å²) in [6, 6.07) is 17.0. The minimum absolute atomic E-state index is 0.125. The van der Waals surface area contributed by atoms with E-state index in [4.69, 9.17) is 11.6 Å². The first-order valence-corrected chi connectivity index (χ1v) is 9.37. The Balaban J connectivity index is 1.45. The van der Waals surface area contributed by atoms with Gasteiger partial charge in [0.1, 0.15) is 10.7 Å². The van der Waals surface area contributed by atoms with Crippen molar-refractivity contribution in [3.8, 4) is 5.69 Å². The summed E-state index contributed by atoms with van der Waals surface area (Å²) in [5.41, 5.74) is 8.07. The van der Waals surface area contributed by atoms with Crippen LogP contribution in [0.4, 0.5) is 0 Å². The predicted molar refractivity (Wildman–Crippen MR) is 111 cm³/mol. The summed E-state index contributed by atoms with van der Waals surface area (Å²) >= 11 is 6.38. The fraction of sp³-hybridized carbons (Fsp3) is 0.0952. The van der Waals surface area contributed by atoms with Crippen LogP contribution in [0.3, 0.4) is 0 Å². The van der Waals surface area contributed by atoms with Gasteiger partial charge in [-0.3, -0.25) is 20.4 Å². The van der Waals surface area contributed by atoms with E-state index in [1.54, 1.807) is 13.1 Å². The molecule has 2 heterocycles. The molecule has 0 atom stereocenters. The first-order chi connectivity index (χ1) is 14.0. The number of nitrogens with zero attached hydrogens (tertiary/aromatic N) is 2. The van der Waals surface area contributed by atoms with Crippen molar-refractivity contribution in [1.82, 2.24) is 25.6 Å². The lowest BCUT2D eigenvalue weighted by molar-refractivity contribution is -0.121. The summed E-state index contributed by atoms with van der Waals surface area (Å²) in [6.07, 6.45) is 1.91. The minimum Gasteiger partial charge on any atom is -0.361 e. The maximum absolute atomic E-state index is 12.6. The Kier molecular flexibility index (Phi) is 5.05. The van der Waals surface area contributed by atoms with Crippen LogP contribution in [0.25, 0.3) is 16.6 Å². The van der Waals surface area contributed by atoms with Gasteiger partial charge in [-0.15, -0.1) is 0 Å². The van der Waals surface area contributed by atoms with Gasteiger partial charge in [0.25, 0.3) is 5.91 Å². The van der Waals surface area contributed by atoms with Crippen LogP contribution in [0.5, 0.6) is 0 Å². The molecule has 0 aliphatic heterocycles. The zero-order valence-corrected chi connectivity index (χ0v) is 16.3. The number of aromatic amines is 1. The maximum atomic E-state index is 12.6. The maximum Gasteiger partial charge on any atom is 0.274 e. The molecule has 7 nitrogen and oxygen atoms in total. The van der Waals surface area contributed by atoms with Gasteiger partial charge in [-0.05, 0) is 30.7 Å². The Labute approximate surface area is 171 Å². The molecule has 2 aromatic carbocycles. The van der Waals surface area contributed by atoms with E-state index < -0.39 is 5.91 Å². The fourth-order valence-corrected chi connectivity index (χ4v) is 3.54. The quantitative estimate of drug-likeness (QED) is 0.453. The SMILES string of the molecule is Cc1nn(-c2ccccc2)c(Cl)c1C(=O)NNC(=O)Cc1c[nH]c2ccccc12. The van der Waals surface area contributed by atoms with Gasteiger partial charge in [0.2, 0.25) is 5.91 Å². The van der Waals surface area contributed by atoms with Gasteiger partial charge < -0.3 is 4.98 Å². The summed E-state index contributed by atoms with van der Waals surface area (Å²) in [4.78, 5) is 28.0. The summed E-state index contributed by atoms with van der Waals surface area (Å²) in [6.45, 7) is 1.69. The number of hydrogen-bond acceptors (Lipinski definition) is 3. The lowest BCUT2D eigenvalue weighted by Crippen LogP contribution is -2.42. The Morgan fingerprint density at radius 1 is 1.07 bits per heavy atom. The highest BCUT2D eigenvalue weighted by Gasteiger charge is 2.21. The first kappa shape index (κ1) is 18.8. The fourth-order valence-electron chi connectivity index (χ4n) is 3.18. The van der Waals surface area contributed by atoms with Gasteiger partial charge >= 0.3 is 0 Å². The van der Waals surface area contributed by atoms with Gasteiger partial charge in [0, 0.05) is 17.1 Å². The molecular weight excluding hydrogens is 390 g/mol. The molecule has 3 N–H and O–H groups in total. The van der Waals surface area contributed by atoms with Crippen molar-refractivity contribution >= 4 is 34.3 Å². The van der Waals surface area contributed by atoms with E-state index in [0.29, 0.717) is 5.69 Å². The molecule has 29 heavy (non-hydrogen) atoms. The second-order valence-corrected chi connectivity index (χ2v) is 6.90. The molecule has 0 saturated heterocycles. The van der Waals surface area contributed by atoms with E-state index in [1.807, 2.05) is 54.6 Å². The van der Waals surface area contributed by atoms with Crippen molar-refractivity contribution in [2.24, 2.45) is 0 Å². The van der Waals surface area contributed by atoms with Crippen molar-refractivity contribution in [2.75, 3.05) is 0 Å². The van der Waals surface area contributed by atoms with Crippen LogP contribution in [0.2, 0.25) is 5.15 Å². The number of hydrogen-bond donors (Lipinski definition) is 3. The van der Waals surface area contributed by atoms with E-state index in [-0.39, 0.29) is 23.0 Å². The number of benzene rings is 2. The molecule has 0 unspecified atom stereocenters. The molecule has 0 aliphatic carbocycles. The van der Waals surface area contributed by atoms with Crippen LogP contribution in [-0.4, -0.2) is 26.6 Å². The van der Waals surface area contributed by atoms with Crippen LogP contribution in [-0.2, 0) is 11.2 Å². The van der Waals surface area contributed by atoms with Crippen molar-refractivity contribution in [2.45, 2.75) is 13.3 Å². The smallest absolute Gasteiger partial charge is 0.274 e. The van der Waals surface area contributed by atoms with E-state index in [9.17, 15) is 9.59 Å². The third-order valence-corrected chi connectivity index (χ3v) is 4.92. The minimum atomic E-state index is -0.526. The van der Waals surface area contributed by atoms with Gasteiger partial charge in [-0.2, -0.15) is 5.10 Å². The molecule has 4 rings (SSSR count). The number of amides is 2. The number of para-hydroxylation sites is 2. The Hall–Kier alpha value is -3.58. The first-order valence-electron chi connectivity index (χ1n) is 8.99. The second kappa shape index (κ2) is 7.81. The van der Waals surface area contributed by atoms with Crippen molar-refractivity contribution < 1.29 is 9.59 Å². The van der Waals surface area contributed by atoms with Gasteiger partial charge in [-0.1, -0.05) is 48.0 Å². The molecule has 0 fully saturated rings. The number of aromatic nitrogens is 3. The Morgan fingerprint density at radius 2 is 1.79 bits per heavy atom. The second-order valence-electron chi connectivity index (χ2n) is 6.54. The molecular formula is C21H18ClN5O2. The summed E-state index contributed by atoms with van der Waals surface area (Å²) in [7, 11) is 0. The topological polar surface area (TPSA) is 91.8 Å². The molecule has 2 aromatic heterocycles. The summed E-state index contributed by atoms with van der Waals surface area (Å²) in [5, 5.41) is 5.48. The highest BCUT2D eigenvalue weighted by atomic mass is 35.5. The molecule has 8 heteroatoms. The average Bonchev–Trinajstić information content (AvgIpc) is 3.27. The number of H-pyrrole nitrogens is 1. The standard InChI is InChI=1S/C21H18ClN5O2/c1-13-19(20(22)27(26-13)15-7-3-2-4-8-15)21(29)25-24-18(28)11-14-12-23-17-10-6-5-9-16(14)17/h2-10,12,23H,11H2,1H3,(H,24,28)(H,25,29). The molecule has 0 aliphatic rings. The van der Waals surface area contributed by atoms with Crippen LogP contribution in [0, 0.1) is 6.92 Å². The summed E-state index contributed by atoms with van der Waals surface area (Å²) in [5.74, 6) is -0.866. The predicted octanol–water partition coefficient (Wildman–Crippen LogP) is 3.32. The van der Waals surface area contributed by atoms with Crippen LogP contribution in [0.15, 0.2) is 60.8 Å². The Bertz CT molecular complexity index is 1200. The van der Waals surface area contributed by atoms with Gasteiger partial charge in [0.05, 0.1) is 17.8 Å². The molecule has 0 bridgehead atoms. The third kappa shape index (κ3) is 3.72. The van der Waals surface area contributed by atoms with Crippen LogP contribution in [0.1, 0.15) is 21.6 Å². The highest BCUT2D eigenvalue weighted by Crippen LogP contribution is 2.23. The molecule has 2 amide bonds. The van der Waals surface area contributed by atoms with Crippen LogP contribution < -0.4 is 10.9 Å². The normalized spacial score (nSPS) is 10.8. The van der Waals surface area contributed by atoms with Crippen molar-refractivity contribution in [3.63, 3.8) is 0 Å². The van der Waals surface area contributed by atoms with Crippen LogP contribution >= 0.6 is 11.6 Å². The zero-order chi connectivity index (χ0) is 20.4. The largest absolute Gasteiger partial charge is 0.361 e. The van der Waals surface area contributed by atoms with Gasteiger partial charge in [-0.25, -0.2) is 4.68 Å². The zero-order valence-electron chi connectivity index (χ0n) is 15.6. The monoisotopic (exact) mass is 407 g/mol. The number of halogens is 1. The average molecular weight is 408 g/mol. The lowest BCUT2D eigenvalue weighted by atomic mass is 10.1.